The first kappa shape index (κ1) is 14.9. The van der Waals surface area contributed by atoms with Gasteiger partial charge in [-0.1, -0.05) is 12.1 Å². The minimum absolute atomic E-state index is 0.140. The third-order valence-corrected chi connectivity index (χ3v) is 3.60. The molecule has 2 N–H and O–H groups in total. The molecule has 1 aliphatic rings. The molecule has 1 aromatic carbocycles. The standard InChI is InChI=1S/C16H24N2O2/c1-12(2)20-15-7-3-5-13(9-15)10-16(19)18-8-4-6-14(18)11-17/h3,5,7,9,12,14H,4,6,8,10-11,17H2,1-2H3. The summed E-state index contributed by atoms with van der Waals surface area (Å²) in [6.07, 6.45) is 2.65. The summed E-state index contributed by atoms with van der Waals surface area (Å²) in [7, 11) is 0. The van der Waals surface area contributed by atoms with Gasteiger partial charge in [0.1, 0.15) is 5.75 Å². The fourth-order valence-electron chi connectivity index (χ4n) is 2.69. The number of hydrogen-bond donors (Lipinski definition) is 1. The molecular formula is C16H24N2O2. The molecule has 110 valence electrons. The summed E-state index contributed by atoms with van der Waals surface area (Å²) in [4.78, 5) is 14.3. The van der Waals surface area contributed by atoms with Crippen molar-refractivity contribution in [3.8, 4) is 5.75 Å². The van der Waals surface area contributed by atoms with E-state index in [0.29, 0.717) is 13.0 Å². The third kappa shape index (κ3) is 3.73. The zero-order valence-corrected chi connectivity index (χ0v) is 12.3. The molecule has 0 aromatic heterocycles. The lowest BCUT2D eigenvalue weighted by molar-refractivity contribution is -0.131. The van der Waals surface area contributed by atoms with E-state index in [1.807, 2.05) is 43.0 Å². The molecule has 0 aliphatic carbocycles. The van der Waals surface area contributed by atoms with E-state index in [9.17, 15) is 4.79 Å². The van der Waals surface area contributed by atoms with Gasteiger partial charge in [-0.15, -0.1) is 0 Å². The highest BCUT2D eigenvalue weighted by Crippen LogP contribution is 2.20. The van der Waals surface area contributed by atoms with Gasteiger partial charge in [-0.2, -0.15) is 0 Å². The van der Waals surface area contributed by atoms with Crippen molar-refractivity contribution in [1.82, 2.24) is 4.90 Å². The van der Waals surface area contributed by atoms with Crippen molar-refractivity contribution in [3.05, 3.63) is 29.8 Å². The quantitative estimate of drug-likeness (QED) is 0.894. The Morgan fingerprint density at radius 2 is 2.30 bits per heavy atom. The van der Waals surface area contributed by atoms with Gasteiger partial charge in [0.2, 0.25) is 5.91 Å². The first-order valence-electron chi connectivity index (χ1n) is 7.35. The number of likely N-dealkylation sites (tertiary alicyclic amines) is 1. The van der Waals surface area contributed by atoms with Crippen LogP contribution in [0.1, 0.15) is 32.3 Å². The van der Waals surface area contributed by atoms with Gasteiger partial charge in [0.05, 0.1) is 12.5 Å². The summed E-state index contributed by atoms with van der Waals surface area (Å²) >= 11 is 0. The van der Waals surface area contributed by atoms with E-state index in [-0.39, 0.29) is 18.1 Å². The van der Waals surface area contributed by atoms with Gasteiger partial charge < -0.3 is 15.4 Å². The van der Waals surface area contributed by atoms with E-state index in [1.54, 1.807) is 0 Å². The molecule has 20 heavy (non-hydrogen) atoms. The molecule has 0 bridgehead atoms. The van der Waals surface area contributed by atoms with E-state index in [4.69, 9.17) is 10.5 Å². The molecule has 0 saturated carbocycles. The summed E-state index contributed by atoms with van der Waals surface area (Å²) in [5.41, 5.74) is 6.72. The van der Waals surface area contributed by atoms with Crippen molar-refractivity contribution < 1.29 is 9.53 Å². The minimum atomic E-state index is 0.140. The average molecular weight is 276 g/mol. The van der Waals surface area contributed by atoms with Crippen LogP contribution in [0.15, 0.2) is 24.3 Å². The van der Waals surface area contributed by atoms with Crippen molar-refractivity contribution in [1.29, 1.82) is 0 Å². The highest BCUT2D eigenvalue weighted by atomic mass is 16.5. The lowest BCUT2D eigenvalue weighted by atomic mass is 10.1. The second-order valence-corrected chi connectivity index (χ2v) is 5.61. The maximum atomic E-state index is 12.3. The van der Waals surface area contributed by atoms with Crippen LogP contribution in [0.25, 0.3) is 0 Å². The molecule has 1 aliphatic heterocycles. The number of rotatable bonds is 5. The van der Waals surface area contributed by atoms with Crippen molar-refractivity contribution in [2.45, 2.75) is 45.3 Å². The molecule has 1 aromatic rings. The maximum Gasteiger partial charge on any atom is 0.227 e. The normalized spacial score (nSPS) is 18.6. The number of hydrogen-bond acceptors (Lipinski definition) is 3. The SMILES string of the molecule is CC(C)Oc1cccc(CC(=O)N2CCCC2CN)c1. The molecular weight excluding hydrogens is 252 g/mol. The van der Waals surface area contributed by atoms with Crippen LogP contribution < -0.4 is 10.5 Å². The second kappa shape index (κ2) is 6.75. The monoisotopic (exact) mass is 276 g/mol. The fraction of sp³-hybridized carbons (Fsp3) is 0.562. The summed E-state index contributed by atoms with van der Waals surface area (Å²) in [5.74, 6) is 0.988. The van der Waals surface area contributed by atoms with Gasteiger partial charge in [0.25, 0.3) is 0 Å². The Hall–Kier alpha value is -1.55. The Balaban J connectivity index is 2.00. The summed E-state index contributed by atoms with van der Waals surface area (Å²) in [6.45, 7) is 5.38. The van der Waals surface area contributed by atoms with Crippen LogP contribution in [-0.4, -0.2) is 36.0 Å². The zero-order valence-electron chi connectivity index (χ0n) is 12.3. The molecule has 0 spiro atoms. The summed E-state index contributed by atoms with van der Waals surface area (Å²) < 4.78 is 5.66. The largest absolute Gasteiger partial charge is 0.491 e. The molecule has 1 unspecified atom stereocenters. The van der Waals surface area contributed by atoms with Crippen LogP contribution in [0, 0.1) is 0 Å². The van der Waals surface area contributed by atoms with Gasteiger partial charge in [0, 0.05) is 19.1 Å². The number of benzene rings is 1. The Labute approximate surface area is 120 Å². The average Bonchev–Trinajstić information content (AvgIpc) is 2.86. The molecule has 2 rings (SSSR count). The van der Waals surface area contributed by atoms with Crippen LogP contribution in [0.2, 0.25) is 0 Å². The number of ether oxygens (including phenoxy) is 1. The van der Waals surface area contributed by atoms with E-state index in [0.717, 1.165) is 30.7 Å². The Morgan fingerprint density at radius 3 is 3.00 bits per heavy atom. The van der Waals surface area contributed by atoms with Crippen LogP contribution in [0.5, 0.6) is 5.75 Å². The van der Waals surface area contributed by atoms with Gasteiger partial charge in [0.15, 0.2) is 0 Å². The number of nitrogens with zero attached hydrogens (tertiary/aromatic N) is 1. The third-order valence-electron chi connectivity index (χ3n) is 3.60. The molecule has 1 amide bonds. The van der Waals surface area contributed by atoms with E-state index >= 15 is 0 Å². The maximum absolute atomic E-state index is 12.3. The Morgan fingerprint density at radius 1 is 1.50 bits per heavy atom. The lowest BCUT2D eigenvalue weighted by Gasteiger charge is -2.23. The smallest absolute Gasteiger partial charge is 0.227 e. The van der Waals surface area contributed by atoms with Crippen LogP contribution in [0.4, 0.5) is 0 Å². The Kier molecular flexibility index (Phi) is 5.01. The predicted octanol–water partition coefficient (Wildman–Crippen LogP) is 1.97. The highest BCUT2D eigenvalue weighted by Gasteiger charge is 2.27. The lowest BCUT2D eigenvalue weighted by Crippen LogP contribution is -2.40. The molecule has 1 fully saturated rings. The summed E-state index contributed by atoms with van der Waals surface area (Å²) in [5, 5.41) is 0. The highest BCUT2D eigenvalue weighted by molar-refractivity contribution is 5.79. The van der Waals surface area contributed by atoms with E-state index < -0.39 is 0 Å². The molecule has 1 saturated heterocycles. The number of carbonyl (C=O) groups excluding carboxylic acids is 1. The molecule has 4 nitrogen and oxygen atoms in total. The van der Waals surface area contributed by atoms with Crippen molar-refractivity contribution >= 4 is 5.91 Å². The van der Waals surface area contributed by atoms with Crippen molar-refractivity contribution in [2.24, 2.45) is 5.73 Å². The fourth-order valence-corrected chi connectivity index (χ4v) is 2.69. The molecule has 1 heterocycles. The zero-order chi connectivity index (χ0) is 14.5. The topological polar surface area (TPSA) is 55.6 Å². The number of carbonyl (C=O) groups is 1. The van der Waals surface area contributed by atoms with Crippen molar-refractivity contribution in [3.63, 3.8) is 0 Å². The van der Waals surface area contributed by atoms with E-state index in [1.165, 1.54) is 0 Å². The second-order valence-electron chi connectivity index (χ2n) is 5.61. The van der Waals surface area contributed by atoms with Gasteiger partial charge in [-0.25, -0.2) is 0 Å². The Bertz CT molecular complexity index is 460. The van der Waals surface area contributed by atoms with Gasteiger partial charge >= 0.3 is 0 Å². The molecule has 0 radical (unpaired) electrons. The van der Waals surface area contributed by atoms with Gasteiger partial charge in [-0.05, 0) is 44.4 Å². The van der Waals surface area contributed by atoms with Crippen molar-refractivity contribution in [2.75, 3.05) is 13.1 Å². The first-order chi connectivity index (χ1) is 9.60. The van der Waals surface area contributed by atoms with Crippen LogP contribution >= 0.6 is 0 Å². The van der Waals surface area contributed by atoms with Crippen LogP contribution in [-0.2, 0) is 11.2 Å². The predicted molar refractivity (Wildman–Crippen MR) is 79.7 cm³/mol. The molecule has 1 atom stereocenters. The molecule has 4 heteroatoms. The van der Waals surface area contributed by atoms with Crippen LogP contribution in [0.3, 0.4) is 0 Å². The van der Waals surface area contributed by atoms with E-state index in [2.05, 4.69) is 0 Å². The summed E-state index contributed by atoms with van der Waals surface area (Å²) in [6, 6.07) is 8.00. The number of nitrogens with two attached hydrogens (primary N) is 1. The van der Waals surface area contributed by atoms with Gasteiger partial charge in [-0.3, -0.25) is 4.79 Å². The number of amides is 1. The minimum Gasteiger partial charge on any atom is -0.491 e. The first-order valence-corrected chi connectivity index (χ1v) is 7.35.